The Hall–Kier alpha value is -0.880. The van der Waals surface area contributed by atoms with Crippen molar-refractivity contribution in [3.63, 3.8) is 0 Å². The number of aliphatic hydroxyl groups is 1. The molecule has 0 aliphatic heterocycles. The van der Waals surface area contributed by atoms with Crippen molar-refractivity contribution in [1.82, 2.24) is 9.97 Å². The van der Waals surface area contributed by atoms with Crippen LogP contribution in [-0.4, -0.2) is 27.2 Å². The highest BCUT2D eigenvalue weighted by atomic mass is 79.9. The van der Waals surface area contributed by atoms with Gasteiger partial charge in [0.05, 0.1) is 12.1 Å². The highest BCUT2D eigenvalue weighted by molar-refractivity contribution is 9.10. The second-order valence-corrected chi connectivity index (χ2v) is 5.38. The van der Waals surface area contributed by atoms with Crippen LogP contribution in [0.3, 0.4) is 0 Å². The molecule has 1 aromatic heterocycles. The maximum absolute atomic E-state index is 9.58. The Bertz CT molecular complexity index is 373. The van der Waals surface area contributed by atoms with Crippen LogP contribution < -0.4 is 11.1 Å². The Morgan fingerprint density at radius 2 is 2.06 bits per heavy atom. The molecule has 1 fully saturated rings. The number of aromatic nitrogens is 2. The molecule has 4 N–H and O–H groups in total. The van der Waals surface area contributed by atoms with E-state index in [0.717, 1.165) is 25.7 Å². The Kier molecular flexibility index (Phi) is 3.83. The second-order valence-electron chi connectivity index (χ2n) is 4.56. The van der Waals surface area contributed by atoms with Gasteiger partial charge in [-0.1, -0.05) is 19.3 Å². The summed E-state index contributed by atoms with van der Waals surface area (Å²) in [5.74, 6) is 0.895. The minimum atomic E-state index is -0.286. The fourth-order valence-corrected chi connectivity index (χ4v) is 2.68. The average Bonchev–Trinajstić information content (AvgIpc) is 2.29. The summed E-state index contributed by atoms with van der Waals surface area (Å²) in [4.78, 5) is 8.36. The lowest BCUT2D eigenvalue weighted by Crippen LogP contribution is -2.44. The molecule has 1 saturated carbocycles. The van der Waals surface area contributed by atoms with Crippen LogP contribution in [0, 0.1) is 0 Å². The first-order chi connectivity index (χ1) is 8.13. The molecule has 5 nitrogen and oxygen atoms in total. The average molecular weight is 301 g/mol. The lowest BCUT2D eigenvalue weighted by atomic mass is 9.82. The van der Waals surface area contributed by atoms with E-state index in [4.69, 9.17) is 5.73 Å². The molecule has 0 bridgehead atoms. The van der Waals surface area contributed by atoms with Gasteiger partial charge in [-0.3, -0.25) is 0 Å². The van der Waals surface area contributed by atoms with Gasteiger partial charge in [-0.05, 0) is 28.8 Å². The summed E-state index contributed by atoms with van der Waals surface area (Å²) < 4.78 is 0.649. The van der Waals surface area contributed by atoms with Gasteiger partial charge in [0.25, 0.3) is 0 Å². The molecule has 0 radical (unpaired) electrons. The maximum Gasteiger partial charge on any atom is 0.226 e. The number of nitrogen functional groups attached to an aromatic ring is 1. The number of rotatable bonds is 3. The highest BCUT2D eigenvalue weighted by Gasteiger charge is 2.32. The molecular weight excluding hydrogens is 284 g/mol. The zero-order valence-electron chi connectivity index (χ0n) is 9.62. The molecule has 0 unspecified atom stereocenters. The Labute approximate surface area is 109 Å². The number of aliphatic hydroxyl groups excluding tert-OH is 1. The lowest BCUT2D eigenvalue weighted by Gasteiger charge is -2.36. The molecule has 0 saturated heterocycles. The van der Waals surface area contributed by atoms with Crippen LogP contribution in [0.15, 0.2) is 10.7 Å². The topological polar surface area (TPSA) is 84.1 Å². The molecule has 1 aliphatic carbocycles. The van der Waals surface area contributed by atoms with Gasteiger partial charge in [-0.15, -0.1) is 0 Å². The number of anilines is 2. The van der Waals surface area contributed by atoms with Crippen molar-refractivity contribution in [2.45, 2.75) is 37.6 Å². The molecule has 6 heteroatoms. The summed E-state index contributed by atoms with van der Waals surface area (Å²) in [5, 5.41) is 12.8. The number of nitrogens with one attached hydrogen (secondary N) is 1. The minimum Gasteiger partial charge on any atom is -0.394 e. The molecule has 0 amide bonds. The van der Waals surface area contributed by atoms with Crippen molar-refractivity contribution in [1.29, 1.82) is 0 Å². The van der Waals surface area contributed by atoms with Crippen LogP contribution in [0.2, 0.25) is 0 Å². The highest BCUT2D eigenvalue weighted by Crippen LogP contribution is 2.30. The molecule has 17 heavy (non-hydrogen) atoms. The molecule has 1 heterocycles. The van der Waals surface area contributed by atoms with Gasteiger partial charge in [0.1, 0.15) is 10.4 Å². The number of hydrogen-bond donors (Lipinski definition) is 3. The molecule has 2 rings (SSSR count). The van der Waals surface area contributed by atoms with Crippen LogP contribution in [-0.2, 0) is 0 Å². The van der Waals surface area contributed by atoms with Gasteiger partial charge in [0.15, 0.2) is 0 Å². The van der Waals surface area contributed by atoms with Crippen molar-refractivity contribution in [2.75, 3.05) is 17.7 Å². The second kappa shape index (κ2) is 5.18. The lowest BCUT2D eigenvalue weighted by molar-refractivity contribution is 0.172. The summed E-state index contributed by atoms with van der Waals surface area (Å²) in [6, 6.07) is 1.65. The van der Waals surface area contributed by atoms with E-state index in [1.165, 1.54) is 6.42 Å². The zero-order chi connectivity index (χ0) is 12.3. The molecular formula is C11H17BrN4O. The summed E-state index contributed by atoms with van der Waals surface area (Å²) in [7, 11) is 0. The largest absolute Gasteiger partial charge is 0.394 e. The van der Waals surface area contributed by atoms with E-state index >= 15 is 0 Å². The first-order valence-corrected chi connectivity index (χ1v) is 6.62. The molecule has 0 aromatic carbocycles. The van der Waals surface area contributed by atoms with Crippen molar-refractivity contribution in [2.24, 2.45) is 0 Å². The van der Waals surface area contributed by atoms with Crippen molar-refractivity contribution in [3.8, 4) is 0 Å². The fourth-order valence-electron chi connectivity index (χ4n) is 2.28. The SMILES string of the molecule is Nc1cc(Br)nc(NC2(CO)CCCCC2)n1. The van der Waals surface area contributed by atoms with E-state index in [9.17, 15) is 5.11 Å². The molecule has 1 aliphatic rings. The van der Waals surface area contributed by atoms with Gasteiger partial charge in [-0.2, -0.15) is 4.98 Å². The normalized spacial score (nSPS) is 18.9. The third kappa shape index (κ3) is 3.07. The number of halogens is 1. The summed E-state index contributed by atoms with van der Waals surface area (Å²) in [6.45, 7) is 0.1000. The predicted molar refractivity (Wildman–Crippen MR) is 70.7 cm³/mol. The quantitative estimate of drug-likeness (QED) is 0.743. The molecule has 1 aromatic rings. The van der Waals surface area contributed by atoms with Gasteiger partial charge in [0, 0.05) is 6.07 Å². The van der Waals surface area contributed by atoms with E-state index in [1.807, 2.05) is 0 Å². The summed E-state index contributed by atoms with van der Waals surface area (Å²) >= 11 is 3.28. The summed E-state index contributed by atoms with van der Waals surface area (Å²) in [6.07, 6.45) is 5.36. The Balaban J connectivity index is 2.17. The summed E-state index contributed by atoms with van der Waals surface area (Å²) in [5.41, 5.74) is 5.38. The van der Waals surface area contributed by atoms with Crippen molar-refractivity contribution < 1.29 is 5.11 Å². The third-order valence-electron chi connectivity index (χ3n) is 3.20. The molecule has 0 atom stereocenters. The third-order valence-corrected chi connectivity index (χ3v) is 3.61. The number of nitrogens with zero attached hydrogens (tertiary/aromatic N) is 2. The molecule has 0 spiro atoms. The van der Waals surface area contributed by atoms with E-state index in [0.29, 0.717) is 16.4 Å². The van der Waals surface area contributed by atoms with Crippen LogP contribution in [0.4, 0.5) is 11.8 Å². The van der Waals surface area contributed by atoms with Crippen LogP contribution in [0.5, 0.6) is 0 Å². The zero-order valence-corrected chi connectivity index (χ0v) is 11.2. The van der Waals surface area contributed by atoms with Crippen molar-refractivity contribution in [3.05, 3.63) is 10.7 Å². The van der Waals surface area contributed by atoms with Crippen LogP contribution in [0.25, 0.3) is 0 Å². The minimum absolute atomic E-state index is 0.1000. The first kappa shape index (κ1) is 12.6. The number of hydrogen-bond acceptors (Lipinski definition) is 5. The van der Waals surface area contributed by atoms with Gasteiger partial charge < -0.3 is 16.2 Å². The number of nitrogens with two attached hydrogens (primary N) is 1. The van der Waals surface area contributed by atoms with Gasteiger partial charge in [0.2, 0.25) is 5.95 Å². The van der Waals surface area contributed by atoms with E-state index in [2.05, 4.69) is 31.2 Å². The first-order valence-electron chi connectivity index (χ1n) is 5.83. The Morgan fingerprint density at radius 3 is 2.65 bits per heavy atom. The van der Waals surface area contributed by atoms with E-state index in [-0.39, 0.29) is 12.1 Å². The van der Waals surface area contributed by atoms with Crippen molar-refractivity contribution >= 4 is 27.7 Å². The van der Waals surface area contributed by atoms with Gasteiger partial charge in [-0.25, -0.2) is 4.98 Å². The maximum atomic E-state index is 9.58. The standard InChI is InChI=1S/C11H17BrN4O/c12-8-6-9(13)15-10(14-8)16-11(7-17)4-2-1-3-5-11/h6,17H,1-5,7H2,(H3,13,14,15,16). The van der Waals surface area contributed by atoms with Crippen LogP contribution in [0.1, 0.15) is 32.1 Å². The Morgan fingerprint density at radius 1 is 1.35 bits per heavy atom. The monoisotopic (exact) mass is 300 g/mol. The van der Waals surface area contributed by atoms with E-state index in [1.54, 1.807) is 6.07 Å². The smallest absolute Gasteiger partial charge is 0.226 e. The van der Waals surface area contributed by atoms with Gasteiger partial charge >= 0.3 is 0 Å². The fraction of sp³-hybridized carbons (Fsp3) is 0.636. The van der Waals surface area contributed by atoms with Crippen LogP contribution >= 0.6 is 15.9 Å². The molecule has 94 valence electrons. The predicted octanol–water partition coefficient (Wildman–Crippen LogP) is 1.93. The van der Waals surface area contributed by atoms with E-state index < -0.39 is 0 Å².